The Hall–Kier alpha value is -1.09. The van der Waals surface area contributed by atoms with Crippen molar-refractivity contribution < 1.29 is 4.39 Å². The van der Waals surface area contributed by atoms with E-state index in [9.17, 15) is 4.39 Å². The van der Waals surface area contributed by atoms with Crippen molar-refractivity contribution in [3.63, 3.8) is 0 Å². The van der Waals surface area contributed by atoms with Crippen molar-refractivity contribution in [2.75, 3.05) is 18.0 Å². The average Bonchev–Trinajstić information content (AvgIpc) is 3.14. The van der Waals surface area contributed by atoms with E-state index in [4.69, 9.17) is 0 Å². The highest BCUT2D eigenvalue weighted by molar-refractivity contribution is 5.54. The van der Waals surface area contributed by atoms with E-state index in [2.05, 4.69) is 24.1 Å². The number of halogens is 1. The summed E-state index contributed by atoms with van der Waals surface area (Å²) in [7, 11) is 0. The van der Waals surface area contributed by atoms with E-state index in [0.717, 1.165) is 30.9 Å². The smallest absolute Gasteiger partial charge is 0.146 e. The largest absolute Gasteiger partial charge is 0.369 e. The van der Waals surface area contributed by atoms with Crippen molar-refractivity contribution in [2.45, 2.75) is 39.3 Å². The van der Waals surface area contributed by atoms with Crippen LogP contribution in [0.4, 0.5) is 10.1 Å². The van der Waals surface area contributed by atoms with Crippen LogP contribution < -0.4 is 10.2 Å². The van der Waals surface area contributed by atoms with E-state index in [-0.39, 0.29) is 5.82 Å². The maximum Gasteiger partial charge on any atom is 0.146 e. The first kappa shape index (κ1) is 12.4. The Labute approximate surface area is 103 Å². The molecule has 17 heavy (non-hydrogen) atoms. The Kier molecular flexibility index (Phi) is 4.00. The molecule has 0 spiro atoms. The van der Waals surface area contributed by atoms with E-state index < -0.39 is 0 Å². The summed E-state index contributed by atoms with van der Waals surface area (Å²) < 4.78 is 13.9. The minimum Gasteiger partial charge on any atom is -0.369 e. The zero-order chi connectivity index (χ0) is 12.3. The van der Waals surface area contributed by atoms with Gasteiger partial charge in [-0.15, -0.1) is 0 Å². The first-order chi connectivity index (χ1) is 8.26. The fraction of sp³-hybridized carbons (Fsp3) is 0.571. The number of para-hydroxylation sites is 1. The van der Waals surface area contributed by atoms with E-state index in [1.165, 1.54) is 12.8 Å². The van der Waals surface area contributed by atoms with Gasteiger partial charge in [0.15, 0.2) is 0 Å². The van der Waals surface area contributed by atoms with Crippen molar-refractivity contribution in [2.24, 2.45) is 0 Å². The van der Waals surface area contributed by atoms with Gasteiger partial charge < -0.3 is 10.2 Å². The molecule has 0 bridgehead atoms. The van der Waals surface area contributed by atoms with E-state index in [1.54, 1.807) is 12.1 Å². The molecule has 2 nitrogen and oxygen atoms in total. The normalized spacial score (nSPS) is 15.0. The Balaban J connectivity index is 2.19. The van der Waals surface area contributed by atoms with E-state index in [0.29, 0.717) is 6.04 Å². The summed E-state index contributed by atoms with van der Waals surface area (Å²) in [6.07, 6.45) is 2.52. The van der Waals surface area contributed by atoms with Crippen LogP contribution in [0.2, 0.25) is 0 Å². The second-order valence-corrected chi connectivity index (χ2v) is 4.58. The summed E-state index contributed by atoms with van der Waals surface area (Å²) in [4.78, 5) is 2.08. The molecule has 0 saturated heterocycles. The number of nitrogens with one attached hydrogen (secondary N) is 1. The lowest BCUT2D eigenvalue weighted by Gasteiger charge is -2.24. The van der Waals surface area contributed by atoms with Crippen LogP contribution in [0.25, 0.3) is 0 Å². The second-order valence-electron chi connectivity index (χ2n) is 4.58. The molecule has 94 valence electrons. The Morgan fingerprint density at radius 1 is 1.29 bits per heavy atom. The van der Waals surface area contributed by atoms with Crippen molar-refractivity contribution in [3.05, 3.63) is 29.6 Å². The van der Waals surface area contributed by atoms with Gasteiger partial charge in [-0.25, -0.2) is 4.39 Å². The maximum atomic E-state index is 13.9. The molecule has 1 aromatic rings. The van der Waals surface area contributed by atoms with Crippen molar-refractivity contribution >= 4 is 5.69 Å². The van der Waals surface area contributed by atoms with Crippen molar-refractivity contribution in [1.82, 2.24) is 5.32 Å². The number of hydrogen-bond donors (Lipinski definition) is 1. The maximum absolute atomic E-state index is 13.9. The van der Waals surface area contributed by atoms with Crippen molar-refractivity contribution in [1.29, 1.82) is 0 Å². The van der Waals surface area contributed by atoms with Crippen LogP contribution in [-0.4, -0.2) is 19.1 Å². The molecule has 1 saturated carbocycles. The number of hydrogen-bond acceptors (Lipinski definition) is 2. The van der Waals surface area contributed by atoms with Crippen LogP contribution >= 0.6 is 0 Å². The third kappa shape index (κ3) is 2.97. The minimum atomic E-state index is -0.108. The minimum absolute atomic E-state index is 0.108. The fourth-order valence-corrected chi connectivity index (χ4v) is 2.14. The SMILES string of the molecule is CCN(CC)c1c(F)cccc1CNC1CC1. The highest BCUT2D eigenvalue weighted by Crippen LogP contribution is 2.26. The van der Waals surface area contributed by atoms with Gasteiger partial charge >= 0.3 is 0 Å². The molecule has 1 N–H and O–H groups in total. The second kappa shape index (κ2) is 5.50. The van der Waals surface area contributed by atoms with Crippen LogP contribution in [0.3, 0.4) is 0 Å². The molecule has 2 rings (SSSR count). The zero-order valence-corrected chi connectivity index (χ0v) is 10.7. The molecular formula is C14H21FN2. The molecule has 1 aromatic carbocycles. The fourth-order valence-electron chi connectivity index (χ4n) is 2.14. The summed E-state index contributed by atoms with van der Waals surface area (Å²) in [6.45, 7) is 6.58. The van der Waals surface area contributed by atoms with Gasteiger partial charge in [0, 0.05) is 25.7 Å². The molecule has 0 unspecified atom stereocenters. The molecule has 3 heteroatoms. The number of nitrogens with zero attached hydrogens (tertiary/aromatic N) is 1. The van der Waals surface area contributed by atoms with Gasteiger partial charge in [-0.05, 0) is 38.3 Å². The van der Waals surface area contributed by atoms with Crippen LogP contribution in [0.5, 0.6) is 0 Å². The van der Waals surface area contributed by atoms with Gasteiger partial charge in [0.25, 0.3) is 0 Å². The Bertz CT molecular complexity index is 370. The lowest BCUT2D eigenvalue weighted by Crippen LogP contribution is -2.26. The highest BCUT2D eigenvalue weighted by atomic mass is 19.1. The molecule has 0 amide bonds. The molecular weight excluding hydrogens is 215 g/mol. The third-order valence-electron chi connectivity index (χ3n) is 3.31. The van der Waals surface area contributed by atoms with Gasteiger partial charge in [-0.2, -0.15) is 0 Å². The van der Waals surface area contributed by atoms with E-state index in [1.807, 2.05) is 6.07 Å². The quantitative estimate of drug-likeness (QED) is 0.817. The average molecular weight is 236 g/mol. The molecule has 0 atom stereocenters. The molecule has 1 aliphatic rings. The number of rotatable bonds is 6. The first-order valence-corrected chi connectivity index (χ1v) is 6.52. The summed E-state index contributed by atoms with van der Waals surface area (Å²) in [6, 6.07) is 6.02. The molecule has 1 aliphatic carbocycles. The molecule has 0 aliphatic heterocycles. The number of anilines is 1. The third-order valence-corrected chi connectivity index (χ3v) is 3.31. The van der Waals surface area contributed by atoms with Crippen LogP contribution in [-0.2, 0) is 6.54 Å². The van der Waals surface area contributed by atoms with Gasteiger partial charge in [-0.1, -0.05) is 12.1 Å². The summed E-state index contributed by atoms with van der Waals surface area (Å²) >= 11 is 0. The van der Waals surface area contributed by atoms with Crippen LogP contribution in [0, 0.1) is 5.82 Å². The number of benzene rings is 1. The predicted octanol–water partition coefficient (Wildman–Crippen LogP) is 2.92. The van der Waals surface area contributed by atoms with Gasteiger partial charge in [0.05, 0.1) is 5.69 Å². The van der Waals surface area contributed by atoms with Crippen molar-refractivity contribution in [3.8, 4) is 0 Å². The predicted molar refractivity (Wildman–Crippen MR) is 69.8 cm³/mol. The molecule has 1 fully saturated rings. The lowest BCUT2D eigenvalue weighted by atomic mass is 10.1. The standard InChI is InChI=1S/C14H21FN2/c1-3-17(4-2)14-11(6-5-7-13(14)15)10-16-12-8-9-12/h5-7,12,16H,3-4,8-10H2,1-2H3. The lowest BCUT2D eigenvalue weighted by molar-refractivity contribution is 0.611. The van der Waals surface area contributed by atoms with Gasteiger partial charge in [0.2, 0.25) is 0 Å². The Morgan fingerprint density at radius 3 is 2.59 bits per heavy atom. The van der Waals surface area contributed by atoms with Crippen LogP contribution in [0.1, 0.15) is 32.3 Å². The molecule has 0 aromatic heterocycles. The van der Waals surface area contributed by atoms with Crippen LogP contribution in [0.15, 0.2) is 18.2 Å². The Morgan fingerprint density at radius 2 is 2.00 bits per heavy atom. The monoisotopic (exact) mass is 236 g/mol. The summed E-state index contributed by atoms with van der Waals surface area (Å²) in [5.41, 5.74) is 1.84. The summed E-state index contributed by atoms with van der Waals surface area (Å²) in [5.74, 6) is -0.108. The van der Waals surface area contributed by atoms with E-state index >= 15 is 0 Å². The molecule has 0 heterocycles. The van der Waals surface area contributed by atoms with Gasteiger partial charge in [0.1, 0.15) is 5.82 Å². The highest BCUT2D eigenvalue weighted by Gasteiger charge is 2.21. The zero-order valence-electron chi connectivity index (χ0n) is 10.7. The topological polar surface area (TPSA) is 15.3 Å². The first-order valence-electron chi connectivity index (χ1n) is 6.52. The molecule has 0 radical (unpaired) electrons. The van der Waals surface area contributed by atoms with Gasteiger partial charge in [-0.3, -0.25) is 0 Å². The summed E-state index contributed by atoms with van der Waals surface area (Å²) in [5, 5.41) is 3.45.